The van der Waals surface area contributed by atoms with Crippen LogP contribution in [0.15, 0.2) is 33.3 Å². The van der Waals surface area contributed by atoms with Gasteiger partial charge in [-0.1, -0.05) is 12.1 Å². The highest BCUT2D eigenvalue weighted by Gasteiger charge is 2.12. The second-order valence-electron chi connectivity index (χ2n) is 3.14. The molecule has 0 spiro atoms. The van der Waals surface area contributed by atoms with Gasteiger partial charge in [-0.15, -0.1) is 5.10 Å². The number of nitrogens with zero attached hydrogens (tertiary/aromatic N) is 2. The molecule has 0 radical (unpaired) electrons. The molecule has 3 nitrogen and oxygen atoms in total. The Morgan fingerprint density at radius 1 is 1.33 bits per heavy atom. The topological polar surface area (TPSA) is 38.9 Å². The van der Waals surface area contributed by atoms with Crippen LogP contribution in [0.5, 0.6) is 0 Å². The third-order valence-corrected chi connectivity index (χ3v) is 2.90. The van der Waals surface area contributed by atoms with E-state index in [-0.39, 0.29) is 5.82 Å². The highest BCUT2D eigenvalue weighted by Crippen LogP contribution is 2.32. The van der Waals surface area contributed by atoms with Gasteiger partial charge in [-0.25, -0.2) is 4.39 Å². The average Bonchev–Trinajstić information content (AvgIpc) is 2.65. The van der Waals surface area contributed by atoms with Crippen molar-refractivity contribution in [2.45, 2.75) is 0 Å². The van der Waals surface area contributed by atoms with Gasteiger partial charge in [-0.3, -0.25) is 0 Å². The molecule has 0 saturated carbocycles. The SMILES string of the molecule is Fc1cccc2c1c(Br)cc1onnc12. The first kappa shape index (κ1) is 8.79. The van der Waals surface area contributed by atoms with Crippen molar-refractivity contribution in [3.05, 3.63) is 34.6 Å². The molecule has 0 fully saturated rings. The van der Waals surface area contributed by atoms with Gasteiger partial charge in [-0.05, 0) is 22.0 Å². The molecule has 5 heteroatoms. The summed E-state index contributed by atoms with van der Waals surface area (Å²) in [5.74, 6) is -0.288. The minimum atomic E-state index is -0.288. The fraction of sp³-hybridized carbons (Fsp3) is 0. The molecule has 74 valence electrons. The van der Waals surface area contributed by atoms with Crippen molar-refractivity contribution in [2.24, 2.45) is 0 Å². The number of rotatable bonds is 0. The molecule has 3 aromatic rings. The Balaban J connectivity index is 2.67. The smallest absolute Gasteiger partial charge is 0.189 e. The highest BCUT2D eigenvalue weighted by molar-refractivity contribution is 9.10. The van der Waals surface area contributed by atoms with Crippen LogP contribution in [0.1, 0.15) is 0 Å². The highest BCUT2D eigenvalue weighted by atomic mass is 79.9. The normalized spacial score (nSPS) is 11.3. The number of aromatic nitrogens is 2. The molecule has 0 aliphatic heterocycles. The molecule has 0 aliphatic carbocycles. The van der Waals surface area contributed by atoms with E-state index in [1.165, 1.54) is 6.07 Å². The van der Waals surface area contributed by atoms with E-state index in [1.54, 1.807) is 18.2 Å². The second kappa shape index (κ2) is 3.00. The molecule has 3 rings (SSSR count). The van der Waals surface area contributed by atoms with Crippen LogP contribution in [0.4, 0.5) is 4.39 Å². The summed E-state index contributed by atoms with van der Waals surface area (Å²) < 4.78 is 19.1. The molecule has 1 heterocycles. The first-order chi connectivity index (χ1) is 7.27. The van der Waals surface area contributed by atoms with Crippen LogP contribution in [0, 0.1) is 5.82 Å². The Morgan fingerprint density at radius 3 is 3.07 bits per heavy atom. The standard InChI is InChI=1S/C10H4BrFN2O/c11-6-4-8-10(13-14-15-8)5-2-1-3-7(12)9(5)6/h1-4H. The Kier molecular flexibility index (Phi) is 1.76. The zero-order valence-electron chi connectivity index (χ0n) is 7.37. The number of hydrogen-bond donors (Lipinski definition) is 0. The van der Waals surface area contributed by atoms with Gasteiger partial charge < -0.3 is 4.52 Å². The van der Waals surface area contributed by atoms with Crippen molar-refractivity contribution < 1.29 is 8.91 Å². The van der Waals surface area contributed by atoms with E-state index < -0.39 is 0 Å². The molecule has 0 amide bonds. The number of fused-ring (bicyclic) bond motifs is 3. The summed E-state index contributed by atoms with van der Waals surface area (Å²) in [4.78, 5) is 0. The number of benzene rings is 2. The van der Waals surface area contributed by atoms with E-state index in [9.17, 15) is 4.39 Å². The molecule has 0 bridgehead atoms. The molecule has 1 aromatic heterocycles. The van der Waals surface area contributed by atoms with Crippen LogP contribution in [-0.4, -0.2) is 10.4 Å². The maximum atomic E-state index is 13.6. The van der Waals surface area contributed by atoms with E-state index in [0.717, 1.165) is 0 Å². The molecule has 0 aliphatic rings. The summed E-state index contributed by atoms with van der Waals surface area (Å²) in [5, 5.41) is 8.47. The van der Waals surface area contributed by atoms with Crippen LogP contribution in [0.3, 0.4) is 0 Å². The second-order valence-corrected chi connectivity index (χ2v) is 3.99. The largest absolute Gasteiger partial charge is 0.337 e. The first-order valence-electron chi connectivity index (χ1n) is 4.26. The summed E-state index contributed by atoms with van der Waals surface area (Å²) in [6.45, 7) is 0. The van der Waals surface area contributed by atoms with Gasteiger partial charge in [0, 0.05) is 26.6 Å². The summed E-state index contributed by atoms with van der Waals surface area (Å²) in [7, 11) is 0. The van der Waals surface area contributed by atoms with Crippen LogP contribution >= 0.6 is 15.9 Å². The fourth-order valence-electron chi connectivity index (χ4n) is 1.63. The van der Waals surface area contributed by atoms with E-state index in [4.69, 9.17) is 4.52 Å². The van der Waals surface area contributed by atoms with Gasteiger partial charge in [0.1, 0.15) is 11.3 Å². The number of hydrogen-bond acceptors (Lipinski definition) is 3. The lowest BCUT2D eigenvalue weighted by atomic mass is 10.1. The Bertz CT molecular complexity index is 665. The summed E-state index contributed by atoms with van der Waals surface area (Å²) >= 11 is 3.30. The maximum Gasteiger partial charge on any atom is 0.189 e. The van der Waals surface area contributed by atoms with Crippen molar-refractivity contribution in [3.63, 3.8) is 0 Å². The average molecular weight is 267 g/mol. The van der Waals surface area contributed by atoms with E-state index in [1.807, 2.05) is 0 Å². The lowest BCUT2D eigenvalue weighted by molar-refractivity contribution is 0.424. The van der Waals surface area contributed by atoms with Gasteiger partial charge in [0.15, 0.2) is 5.58 Å². The molecule has 0 saturated heterocycles. The molecular formula is C10H4BrFN2O. The molecule has 0 N–H and O–H groups in total. The van der Waals surface area contributed by atoms with Crippen molar-refractivity contribution in [3.8, 4) is 0 Å². The van der Waals surface area contributed by atoms with Crippen molar-refractivity contribution in [1.82, 2.24) is 10.4 Å². The van der Waals surface area contributed by atoms with Gasteiger partial charge in [0.25, 0.3) is 0 Å². The predicted molar refractivity (Wildman–Crippen MR) is 57.0 cm³/mol. The molecule has 0 unspecified atom stereocenters. The van der Waals surface area contributed by atoms with Crippen LogP contribution in [0.2, 0.25) is 0 Å². The van der Waals surface area contributed by atoms with Crippen molar-refractivity contribution in [2.75, 3.05) is 0 Å². The number of halogens is 2. The van der Waals surface area contributed by atoms with E-state index >= 15 is 0 Å². The van der Waals surface area contributed by atoms with Crippen molar-refractivity contribution >= 4 is 37.8 Å². The predicted octanol–water partition coefficient (Wildman–Crippen LogP) is 3.28. The Hall–Kier alpha value is -1.49. The van der Waals surface area contributed by atoms with Crippen LogP contribution in [0.25, 0.3) is 21.9 Å². The van der Waals surface area contributed by atoms with Gasteiger partial charge in [0.2, 0.25) is 0 Å². The molecular weight excluding hydrogens is 263 g/mol. The van der Waals surface area contributed by atoms with E-state index in [0.29, 0.717) is 26.3 Å². The zero-order chi connectivity index (χ0) is 10.4. The van der Waals surface area contributed by atoms with Gasteiger partial charge in [-0.2, -0.15) is 0 Å². The lowest BCUT2D eigenvalue weighted by Gasteiger charge is -2.01. The lowest BCUT2D eigenvalue weighted by Crippen LogP contribution is -1.82. The van der Waals surface area contributed by atoms with Crippen LogP contribution < -0.4 is 0 Å². The molecule has 0 atom stereocenters. The quantitative estimate of drug-likeness (QED) is 0.627. The third kappa shape index (κ3) is 1.16. The Morgan fingerprint density at radius 2 is 2.20 bits per heavy atom. The minimum absolute atomic E-state index is 0.288. The third-order valence-electron chi connectivity index (χ3n) is 2.28. The fourth-order valence-corrected chi connectivity index (χ4v) is 2.24. The van der Waals surface area contributed by atoms with Gasteiger partial charge >= 0.3 is 0 Å². The maximum absolute atomic E-state index is 13.6. The van der Waals surface area contributed by atoms with Gasteiger partial charge in [0.05, 0.1) is 0 Å². The summed E-state index contributed by atoms with van der Waals surface area (Å²) in [5.41, 5.74) is 1.12. The van der Waals surface area contributed by atoms with E-state index in [2.05, 4.69) is 26.3 Å². The van der Waals surface area contributed by atoms with Crippen LogP contribution in [-0.2, 0) is 0 Å². The summed E-state index contributed by atoms with van der Waals surface area (Å²) in [6.07, 6.45) is 0. The molecule has 2 aromatic carbocycles. The minimum Gasteiger partial charge on any atom is -0.337 e. The monoisotopic (exact) mass is 266 g/mol. The first-order valence-corrected chi connectivity index (χ1v) is 5.05. The Labute approximate surface area is 92.0 Å². The zero-order valence-corrected chi connectivity index (χ0v) is 8.95. The summed E-state index contributed by atoms with van der Waals surface area (Å²) in [6, 6.07) is 6.50. The molecule has 15 heavy (non-hydrogen) atoms. The van der Waals surface area contributed by atoms with Crippen molar-refractivity contribution in [1.29, 1.82) is 0 Å².